The Morgan fingerprint density at radius 3 is 2.29 bits per heavy atom. The SMILES string of the molecule is CNS(=O)(=O)c1ccc(CCC(=O)NCC2(c3ccc(OC)cc3)CCOCC2)cc1. The number of methoxy groups -OCH3 is 1. The molecular formula is C23H30N2O5S. The number of benzene rings is 2. The summed E-state index contributed by atoms with van der Waals surface area (Å²) >= 11 is 0. The number of aryl methyl sites for hydroxylation is 1. The maximum Gasteiger partial charge on any atom is 0.240 e. The van der Waals surface area contributed by atoms with Crippen LogP contribution in [0.15, 0.2) is 53.4 Å². The van der Waals surface area contributed by atoms with Crippen molar-refractivity contribution in [3.8, 4) is 5.75 Å². The largest absolute Gasteiger partial charge is 0.497 e. The van der Waals surface area contributed by atoms with E-state index in [0.717, 1.165) is 24.2 Å². The van der Waals surface area contributed by atoms with E-state index < -0.39 is 10.0 Å². The van der Waals surface area contributed by atoms with Gasteiger partial charge in [0.25, 0.3) is 0 Å². The minimum Gasteiger partial charge on any atom is -0.497 e. The van der Waals surface area contributed by atoms with Crippen molar-refractivity contribution < 1.29 is 22.7 Å². The number of ether oxygens (including phenoxy) is 2. The molecule has 0 bridgehead atoms. The van der Waals surface area contributed by atoms with Crippen LogP contribution in [0, 0.1) is 0 Å². The summed E-state index contributed by atoms with van der Waals surface area (Å²) < 4.78 is 36.7. The van der Waals surface area contributed by atoms with Gasteiger partial charge in [-0.25, -0.2) is 13.1 Å². The van der Waals surface area contributed by atoms with Gasteiger partial charge in [-0.05, 0) is 61.7 Å². The number of amides is 1. The molecule has 7 nitrogen and oxygen atoms in total. The van der Waals surface area contributed by atoms with E-state index in [0.29, 0.717) is 32.6 Å². The highest BCUT2D eigenvalue weighted by atomic mass is 32.2. The van der Waals surface area contributed by atoms with Gasteiger partial charge in [-0.15, -0.1) is 0 Å². The van der Waals surface area contributed by atoms with Gasteiger partial charge in [0.1, 0.15) is 5.75 Å². The van der Waals surface area contributed by atoms with E-state index in [1.807, 2.05) is 12.1 Å². The molecule has 0 aliphatic carbocycles. The minimum atomic E-state index is -3.45. The van der Waals surface area contributed by atoms with Crippen molar-refractivity contribution in [2.45, 2.75) is 36.0 Å². The number of carbonyl (C=O) groups is 1. The van der Waals surface area contributed by atoms with Crippen LogP contribution in [0.1, 0.15) is 30.4 Å². The average Bonchev–Trinajstić information content (AvgIpc) is 2.82. The lowest BCUT2D eigenvalue weighted by atomic mass is 9.74. The van der Waals surface area contributed by atoms with Crippen molar-refractivity contribution in [1.29, 1.82) is 0 Å². The number of nitrogens with one attached hydrogen (secondary N) is 2. The third-order valence-corrected chi connectivity index (χ3v) is 7.35. The van der Waals surface area contributed by atoms with Crippen LogP contribution in [0.3, 0.4) is 0 Å². The molecular weight excluding hydrogens is 416 g/mol. The fourth-order valence-electron chi connectivity index (χ4n) is 3.84. The zero-order valence-corrected chi connectivity index (χ0v) is 18.8. The predicted molar refractivity (Wildman–Crippen MR) is 119 cm³/mol. The van der Waals surface area contributed by atoms with Crippen LogP contribution >= 0.6 is 0 Å². The highest BCUT2D eigenvalue weighted by molar-refractivity contribution is 7.89. The third kappa shape index (κ3) is 5.84. The molecule has 0 saturated carbocycles. The van der Waals surface area contributed by atoms with Gasteiger partial charge < -0.3 is 14.8 Å². The molecule has 0 unspecified atom stereocenters. The molecule has 3 rings (SSSR count). The number of hydrogen-bond donors (Lipinski definition) is 2. The minimum absolute atomic E-state index is 0.0219. The van der Waals surface area contributed by atoms with Gasteiger partial charge in [0.15, 0.2) is 0 Å². The number of carbonyl (C=O) groups excluding carboxylic acids is 1. The van der Waals surface area contributed by atoms with Crippen molar-refractivity contribution in [3.05, 3.63) is 59.7 Å². The molecule has 1 amide bonds. The Morgan fingerprint density at radius 2 is 1.71 bits per heavy atom. The van der Waals surface area contributed by atoms with Gasteiger partial charge in [0, 0.05) is 31.6 Å². The quantitative estimate of drug-likeness (QED) is 0.617. The molecule has 1 aliphatic heterocycles. The van der Waals surface area contributed by atoms with Crippen LogP contribution in [0.5, 0.6) is 5.75 Å². The molecule has 168 valence electrons. The first-order valence-corrected chi connectivity index (χ1v) is 11.9. The molecule has 2 N–H and O–H groups in total. The number of sulfonamides is 1. The molecule has 0 atom stereocenters. The standard InChI is InChI=1S/C23H30N2O5S/c1-24-31(27,28)21-10-3-18(4-11-21)5-12-22(26)25-17-23(13-15-30-16-14-23)19-6-8-20(29-2)9-7-19/h3-4,6-11,24H,5,12-17H2,1-2H3,(H,25,26). The van der Waals surface area contributed by atoms with Crippen LogP contribution in [-0.2, 0) is 31.4 Å². The van der Waals surface area contributed by atoms with Crippen LogP contribution < -0.4 is 14.8 Å². The fourth-order valence-corrected chi connectivity index (χ4v) is 4.57. The van der Waals surface area contributed by atoms with Crippen molar-refractivity contribution in [3.63, 3.8) is 0 Å². The van der Waals surface area contributed by atoms with Crippen molar-refractivity contribution in [2.24, 2.45) is 0 Å². The summed E-state index contributed by atoms with van der Waals surface area (Å²) in [5.74, 6) is 0.787. The average molecular weight is 447 g/mol. The molecule has 1 fully saturated rings. The molecule has 1 aliphatic rings. The van der Waals surface area contributed by atoms with Crippen molar-refractivity contribution >= 4 is 15.9 Å². The smallest absolute Gasteiger partial charge is 0.240 e. The fraction of sp³-hybridized carbons (Fsp3) is 0.435. The Labute approximate surface area is 184 Å². The number of rotatable bonds is 9. The van der Waals surface area contributed by atoms with Crippen molar-refractivity contribution in [2.75, 3.05) is 33.9 Å². The maximum atomic E-state index is 12.5. The molecule has 2 aromatic carbocycles. The summed E-state index contributed by atoms with van der Waals surface area (Å²) in [6.45, 7) is 1.90. The lowest BCUT2D eigenvalue weighted by Crippen LogP contribution is -2.44. The van der Waals surface area contributed by atoms with E-state index in [9.17, 15) is 13.2 Å². The van der Waals surface area contributed by atoms with Gasteiger partial charge in [0.05, 0.1) is 12.0 Å². The Bertz CT molecular complexity index is 966. The first-order valence-electron chi connectivity index (χ1n) is 10.4. The summed E-state index contributed by atoms with van der Waals surface area (Å²) in [4.78, 5) is 12.7. The van der Waals surface area contributed by atoms with Gasteiger partial charge in [-0.2, -0.15) is 0 Å². The molecule has 8 heteroatoms. The zero-order valence-electron chi connectivity index (χ0n) is 18.0. The first-order chi connectivity index (χ1) is 14.9. The second-order valence-electron chi connectivity index (χ2n) is 7.75. The van der Waals surface area contributed by atoms with E-state index in [-0.39, 0.29) is 16.2 Å². The summed E-state index contributed by atoms with van der Waals surface area (Å²) in [6, 6.07) is 14.6. The molecule has 1 heterocycles. The highest BCUT2D eigenvalue weighted by Gasteiger charge is 2.34. The molecule has 0 aromatic heterocycles. The van der Waals surface area contributed by atoms with E-state index in [1.54, 1.807) is 31.4 Å². The van der Waals surface area contributed by atoms with Gasteiger partial charge in [0.2, 0.25) is 15.9 Å². The Balaban J connectivity index is 1.58. The molecule has 31 heavy (non-hydrogen) atoms. The second kappa shape index (κ2) is 10.3. The summed E-state index contributed by atoms with van der Waals surface area (Å²) in [6.07, 6.45) is 2.58. The van der Waals surface area contributed by atoms with Crippen LogP contribution in [0.2, 0.25) is 0 Å². The highest BCUT2D eigenvalue weighted by Crippen LogP contribution is 2.35. The van der Waals surface area contributed by atoms with Gasteiger partial charge in [-0.3, -0.25) is 4.79 Å². The normalized spacial score (nSPS) is 15.9. The number of hydrogen-bond acceptors (Lipinski definition) is 5. The van der Waals surface area contributed by atoms with E-state index in [1.165, 1.54) is 12.6 Å². The molecule has 2 aromatic rings. The maximum absolute atomic E-state index is 12.5. The monoisotopic (exact) mass is 446 g/mol. The van der Waals surface area contributed by atoms with Crippen molar-refractivity contribution in [1.82, 2.24) is 10.0 Å². The Hall–Kier alpha value is -2.42. The zero-order chi connectivity index (χ0) is 22.3. The van der Waals surface area contributed by atoms with E-state index in [4.69, 9.17) is 9.47 Å². The van der Waals surface area contributed by atoms with E-state index in [2.05, 4.69) is 22.2 Å². The summed E-state index contributed by atoms with van der Waals surface area (Å²) in [7, 11) is -0.427. The topological polar surface area (TPSA) is 93.7 Å². The Kier molecular flexibility index (Phi) is 7.69. The molecule has 0 radical (unpaired) electrons. The Morgan fingerprint density at radius 1 is 1.06 bits per heavy atom. The summed E-state index contributed by atoms with van der Waals surface area (Å²) in [5, 5.41) is 3.10. The lowest BCUT2D eigenvalue weighted by Gasteiger charge is -2.38. The first kappa shape index (κ1) is 23.2. The summed E-state index contributed by atoms with van der Waals surface area (Å²) in [5.41, 5.74) is 1.95. The van der Waals surface area contributed by atoms with Gasteiger partial charge in [-0.1, -0.05) is 24.3 Å². The van der Waals surface area contributed by atoms with Crippen LogP contribution in [-0.4, -0.2) is 48.2 Å². The molecule has 1 saturated heterocycles. The van der Waals surface area contributed by atoms with E-state index >= 15 is 0 Å². The lowest BCUT2D eigenvalue weighted by molar-refractivity contribution is -0.121. The van der Waals surface area contributed by atoms with Gasteiger partial charge >= 0.3 is 0 Å². The predicted octanol–water partition coefficient (Wildman–Crippen LogP) is 2.40. The third-order valence-electron chi connectivity index (χ3n) is 5.92. The van der Waals surface area contributed by atoms with Crippen LogP contribution in [0.4, 0.5) is 0 Å². The molecule has 0 spiro atoms. The van der Waals surface area contributed by atoms with Crippen LogP contribution in [0.25, 0.3) is 0 Å². The second-order valence-corrected chi connectivity index (χ2v) is 9.64.